The van der Waals surface area contributed by atoms with Gasteiger partial charge in [-0.1, -0.05) is 12.1 Å². The van der Waals surface area contributed by atoms with Gasteiger partial charge in [-0.25, -0.2) is 0 Å². The molecular weight excluding hydrogens is 228 g/mol. The zero-order valence-corrected chi connectivity index (χ0v) is 10.5. The zero-order chi connectivity index (χ0) is 12.8. The Labute approximate surface area is 107 Å². The van der Waals surface area contributed by atoms with Gasteiger partial charge in [0.2, 0.25) is 5.91 Å². The molecule has 1 amide bonds. The fraction of sp³-hybridized carbons (Fsp3) is 0.500. The molecule has 1 heterocycles. The molecule has 0 atom stereocenters. The summed E-state index contributed by atoms with van der Waals surface area (Å²) in [4.78, 5) is 11.8. The highest BCUT2D eigenvalue weighted by atomic mass is 16.3. The van der Waals surface area contributed by atoms with Crippen LogP contribution in [0.15, 0.2) is 24.3 Å². The molecule has 2 rings (SSSR count). The summed E-state index contributed by atoms with van der Waals surface area (Å²) in [5.41, 5.74) is 0.845. The van der Waals surface area contributed by atoms with Crippen LogP contribution in [-0.2, 0) is 11.2 Å². The van der Waals surface area contributed by atoms with Crippen LogP contribution in [0.1, 0.15) is 18.4 Å². The van der Waals surface area contributed by atoms with Gasteiger partial charge in [0.05, 0.1) is 6.42 Å². The number of hydrogen-bond donors (Lipinski definition) is 3. The number of phenols is 1. The van der Waals surface area contributed by atoms with E-state index < -0.39 is 0 Å². The SMILES string of the molecule is O=C(Cc1cccc(O)c1)NCC1CCNCC1. The molecule has 0 radical (unpaired) electrons. The molecule has 0 aliphatic carbocycles. The van der Waals surface area contributed by atoms with Gasteiger partial charge in [0.15, 0.2) is 0 Å². The predicted octanol–water partition coefficient (Wildman–Crippen LogP) is 1.05. The molecule has 0 saturated carbocycles. The van der Waals surface area contributed by atoms with Crippen molar-refractivity contribution in [1.29, 1.82) is 0 Å². The molecule has 1 aliphatic rings. The number of piperidine rings is 1. The summed E-state index contributed by atoms with van der Waals surface area (Å²) >= 11 is 0. The molecule has 0 bridgehead atoms. The second kappa shape index (κ2) is 6.40. The van der Waals surface area contributed by atoms with E-state index in [1.54, 1.807) is 18.2 Å². The summed E-state index contributed by atoms with van der Waals surface area (Å²) in [7, 11) is 0. The lowest BCUT2D eigenvalue weighted by atomic mass is 9.98. The van der Waals surface area contributed by atoms with Crippen molar-refractivity contribution in [1.82, 2.24) is 10.6 Å². The van der Waals surface area contributed by atoms with E-state index in [0.29, 0.717) is 12.3 Å². The van der Waals surface area contributed by atoms with Crippen molar-refractivity contribution in [3.8, 4) is 5.75 Å². The number of amides is 1. The van der Waals surface area contributed by atoms with Crippen LogP contribution in [0.5, 0.6) is 5.75 Å². The van der Waals surface area contributed by atoms with Crippen LogP contribution in [0.25, 0.3) is 0 Å². The summed E-state index contributed by atoms with van der Waals surface area (Å²) in [6.45, 7) is 2.86. The Hall–Kier alpha value is -1.55. The molecule has 1 aliphatic heterocycles. The lowest BCUT2D eigenvalue weighted by molar-refractivity contribution is -0.120. The number of rotatable bonds is 4. The summed E-state index contributed by atoms with van der Waals surface area (Å²) in [6.07, 6.45) is 2.60. The van der Waals surface area contributed by atoms with E-state index >= 15 is 0 Å². The van der Waals surface area contributed by atoms with E-state index in [9.17, 15) is 9.90 Å². The normalized spacial score (nSPS) is 16.4. The predicted molar refractivity (Wildman–Crippen MR) is 70.4 cm³/mol. The highest BCUT2D eigenvalue weighted by Crippen LogP contribution is 2.12. The highest BCUT2D eigenvalue weighted by molar-refractivity contribution is 5.78. The third-order valence-corrected chi connectivity index (χ3v) is 3.32. The second-order valence-corrected chi connectivity index (χ2v) is 4.84. The van der Waals surface area contributed by atoms with Crippen molar-refractivity contribution < 1.29 is 9.90 Å². The van der Waals surface area contributed by atoms with Crippen LogP contribution >= 0.6 is 0 Å². The molecule has 18 heavy (non-hydrogen) atoms. The van der Waals surface area contributed by atoms with Gasteiger partial charge in [0.1, 0.15) is 5.75 Å². The van der Waals surface area contributed by atoms with E-state index in [1.807, 2.05) is 6.07 Å². The summed E-state index contributed by atoms with van der Waals surface area (Å²) < 4.78 is 0. The Morgan fingerprint density at radius 1 is 1.39 bits per heavy atom. The fourth-order valence-corrected chi connectivity index (χ4v) is 2.26. The maximum absolute atomic E-state index is 11.8. The number of benzene rings is 1. The minimum absolute atomic E-state index is 0.0270. The van der Waals surface area contributed by atoms with E-state index in [0.717, 1.165) is 38.0 Å². The first-order valence-electron chi connectivity index (χ1n) is 6.49. The Morgan fingerprint density at radius 3 is 2.89 bits per heavy atom. The molecule has 98 valence electrons. The van der Waals surface area contributed by atoms with Crippen LogP contribution in [-0.4, -0.2) is 30.6 Å². The first kappa shape index (κ1) is 12.9. The Kier molecular flexibility index (Phi) is 4.59. The van der Waals surface area contributed by atoms with Crippen molar-refractivity contribution in [2.75, 3.05) is 19.6 Å². The van der Waals surface area contributed by atoms with Gasteiger partial charge in [0.25, 0.3) is 0 Å². The Bertz CT molecular complexity index is 401. The number of nitrogens with one attached hydrogen (secondary N) is 2. The van der Waals surface area contributed by atoms with E-state index in [4.69, 9.17) is 0 Å². The molecule has 1 fully saturated rings. The number of aromatic hydroxyl groups is 1. The first-order valence-corrected chi connectivity index (χ1v) is 6.49. The first-order chi connectivity index (χ1) is 8.74. The summed E-state index contributed by atoms with van der Waals surface area (Å²) in [6, 6.07) is 6.84. The van der Waals surface area contributed by atoms with Gasteiger partial charge in [-0.15, -0.1) is 0 Å². The lowest BCUT2D eigenvalue weighted by Gasteiger charge is -2.22. The fourth-order valence-electron chi connectivity index (χ4n) is 2.26. The molecule has 0 aromatic heterocycles. The zero-order valence-electron chi connectivity index (χ0n) is 10.5. The van der Waals surface area contributed by atoms with Crippen molar-refractivity contribution in [2.45, 2.75) is 19.3 Å². The van der Waals surface area contributed by atoms with Crippen molar-refractivity contribution in [3.63, 3.8) is 0 Å². The molecule has 0 spiro atoms. The van der Waals surface area contributed by atoms with E-state index in [1.165, 1.54) is 0 Å². The van der Waals surface area contributed by atoms with Crippen LogP contribution in [0, 0.1) is 5.92 Å². The van der Waals surface area contributed by atoms with Gasteiger partial charge in [-0.2, -0.15) is 0 Å². The highest BCUT2D eigenvalue weighted by Gasteiger charge is 2.13. The average molecular weight is 248 g/mol. The van der Waals surface area contributed by atoms with Crippen LogP contribution in [0.3, 0.4) is 0 Å². The van der Waals surface area contributed by atoms with Gasteiger partial charge in [-0.3, -0.25) is 4.79 Å². The Balaban J connectivity index is 1.74. The van der Waals surface area contributed by atoms with E-state index in [-0.39, 0.29) is 11.7 Å². The molecule has 4 heteroatoms. The van der Waals surface area contributed by atoms with Crippen LogP contribution in [0.2, 0.25) is 0 Å². The minimum atomic E-state index is 0.0270. The maximum Gasteiger partial charge on any atom is 0.224 e. The van der Waals surface area contributed by atoms with Crippen molar-refractivity contribution in [2.24, 2.45) is 5.92 Å². The quantitative estimate of drug-likeness (QED) is 0.746. The topological polar surface area (TPSA) is 61.4 Å². The number of carbonyl (C=O) groups is 1. The monoisotopic (exact) mass is 248 g/mol. The summed E-state index contributed by atoms with van der Waals surface area (Å²) in [5.74, 6) is 0.831. The summed E-state index contributed by atoms with van der Waals surface area (Å²) in [5, 5.41) is 15.6. The molecule has 1 aromatic rings. The smallest absolute Gasteiger partial charge is 0.224 e. The third kappa shape index (κ3) is 4.04. The van der Waals surface area contributed by atoms with Gasteiger partial charge in [-0.05, 0) is 49.5 Å². The third-order valence-electron chi connectivity index (χ3n) is 3.32. The molecule has 1 saturated heterocycles. The molecular formula is C14H20N2O2. The van der Waals surface area contributed by atoms with Gasteiger partial charge >= 0.3 is 0 Å². The molecule has 1 aromatic carbocycles. The van der Waals surface area contributed by atoms with Crippen LogP contribution < -0.4 is 10.6 Å². The number of hydrogen-bond acceptors (Lipinski definition) is 3. The second-order valence-electron chi connectivity index (χ2n) is 4.84. The maximum atomic E-state index is 11.8. The molecule has 0 unspecified atom stereocenters. The number of carbonyl (C=O) groups excluding carboxylic acids is 1. The molecule has 4 nitrogen and oxygen atoms in total. The minimum Gasteiger partial charge on any atom is -0.508 e. The van der Waals surface area contributed by atoms with Gasteiger partial charge in [0, 0.05) is 6.54 Å². The van der Waals surface area contributed by atoms with Gasteiger partial charge < -0.3 is 15.7 Å². The van der Waals surface area contributed by atoms with E-state index in [2.05, 4.69) is 10.6 Å². The van der Waals surface area contributed by atoms with Crippen LogP contribution in [0.4, 0.5) is 0 Å². The average Bonchev–Trinajstić information content (AvgIpc) is 2.38. The molecule has 3 N–H and O–H groups in total. The largest absolute Gasteiger partial charge is 0.508 e. The van der Waals surface area contributed by atoms with Crippen molar-refractivity contribution >= 4 is 5.91 Å². The number of phenolic OH excluding ortho intramolecular Hbond substituents is 1. The standard InChI is InChI=1S/C14H20N2O2/c17-13-3-1-2-12(8-13)9-14(18)16-10-11-4-6-15-7-5-11/h1-3,8,11,15,17H,4-7,9-10H2,(H,16,18). The van der Waals surface area contributed by atoms with Crippen molar-refractivity contribution in [3.05, 3.63) is 29.8 Å². The Morgan fingerprint density at radius 2 is 2.17 bits per heavy atom. The lowest BCUT2D eigenvalue weighted by Crippen LogP contribution is -2.36.